The van der Waals surface area contributed by atoms with Gasteiger partial charge in [0.1, 0.15) is 13.4 Å². The van der Waals surface area contributed by atoms with Crippen LogP contribution in [0, 0.1) is 0 Å². The zero-order valence-electron chi connectivity index (χ0n) is 17.4. The van der Waals surface area contributed by atoms with Crippen LogP contribution in [-0.2, 0) is 26.6 Å². The smallest absolute Gasteiger partial charge is 0.398 e. The lowest BCUT2D eigenvalue weighted by Gasteiger charge is -2.29. The number of carbonyl (C=O) groups is 1. The van der Waals surface area contributed by atoms with Gasteiger partial charge in [-0.05, 0) is 41.5 Å². The fourth-order valence-electron chi connectivity index (χ4n) is 3.33. The van der Waals surface area contributed by atoms with Crippen LogP contribution in [-0.4, -0.2) is 38.4 Å². The predicted molar refractivity (Wildman–Crippen MR) is 117 cm³/mol. The van der Waals surface area contributed by atoms with Gasteiger partial charge in [0.2, 0.25) is 0 Å². The van der Waals surface area contributed by atoms with Crippen molar-refractivity contribution in [2.24, 2.45) is 10.3 Å². The third-order valence-electron chi connectivity index (χ3n) is 4.85. The topological polar surface area (TPSA) is 81.5 Å². The molecule has 1 atom stereocenters. The van der Waals surface area contributed by atoms with E-state index in [1.54, 1.807) is 0 Å². The second-order valence-electron chi connectivity index (χ2n) is 6.98. The molecule has 0 aliphatic carbocycles. The second kappa shape index (κ2) is 9.98. The van der Waals surface area contributed by atoms with Crippen LogP contribution in [0.25, 0.3) is 0 Å². The van der Waals surface area contributed by atoms with E-state index in [0.717, 1.165) is 18.5 Å². The standard InChI is InChI=1S/C21H18Cl2F3N3O4/c1-31-10-13-5-12(3-4-17(13)19(30)27-11-28-32-2)18-9-20(33-29-18,21(24,25)26)14-6-15(22)8-16(23)7-14/h3-8,11H,9-10H2,1-2H3,(H,27,28,30). The molecule has 1 heterocycles. The summed E-state index contributed by atoms with van der Waals surface area (Å²) in [4.78, 5) is 21.9. The Labute approximate surface area is 197 Å². The molecule has 7 nitrogen and oxygen atoms in total. The molecule has 0 saturated heterocycles. The van der Waals surface area contributed by atoms with Crippen LogP contribution in [0.4, 0.5) is 13.2 Å². The van der Waals surface area contributed by atoms with Gasteiger partial charge in [-0.2, -0.15) is 13.2 Å². The summed E-state index contributed by atoms with van der Waals surface area (Å²) in [6.07, 6.45) is -4.37. The van der Waals surface area contributed by atoms with Gasteiger partial charge in [0.05, 0.1) is 12.3 Å². The lowest BCUT2D eigenvalue weighted by molar-refractivity contribution is -0.275. The Balaban J connectivity index is 1.96. The number of carbonyl (C=O) groups excluding carboxylic acids is 1. The van der Waals surface area contributed by atoms with Crippen LogP contribution >= 0.6 is 23.2 Å². The minimum absolute atomic E-state index is 0.0282. The van der Waals surface area contributed by atoms with Gasteiger partial charge < -0.3 is 19.7 Å². The van der Waals surface area contributed by atoms with E-state index in [0.29, 0.717) is 11.1 Å². The molecule has 2 aromatic rings. The number of hydrogen-bond acceptors (Lipinski definition) is 6. The van der Waals surface area contributed by atoms with Crippen molar-refractivity contribution >= 4 is 41.2 Å². The number of halogens is 5. The lowest BCUT2D eigenvalue weighted by atomic mass is 9.86. The average Bonchev–Trinajstić information content (AvgIpc) is 3.20. The quantitative estimate of drug-likeness (QED) is 0.326. The van der Waals surface area contributed by atoms with Crippen LogP contribution in [0.3, 0.4) is 0 Å². The van der Waals surface area contributed by atoms with E-state index in [1.165, 1.54) is 38.5 Å². The van der Waals surface area contributed by atoms with Crippen molar-refractivity contribution in [3.05, 3.63) is 68.7 Å². The predicted octanol–water partition coefficient (Wildman–Crippen LogP) is 5.04. The van der Waals surface area contributed by atoms with Crippen molar-refractivity contribution in [1.82, 2.24) is 5.32 Å². The normalized spacial score (nSPS) is 18.2. The highest BCUT2D eigenvalue weighted by Crippen LogP contribution is 2.49. The van der Waals surface area contributed by atoms with Gasteiger partial charge in [-0.3, -0.25) is 4.79 Å². The van der Waals surface area contributed by atoms with E-state index in [2.05, 4.69) is 20.5 Å². The van der Waals surface area contributed by atoms with Gasteiger partial charge in [0.15, 0.2) is 0 Å². The van der Waals surface area contributed by atoms with Gasteiger partial charge in [-0.15, -0.1) is 0 Å². The van der Waals surface area contributed by atoms with Crippen molar-refractivity contribution in [3.8, 4) is 0 Å². The Bertz CT molecular complexity index is 1090. The molecule has 0 spiro atoms. The summed E-state index contributed by atoms with van der Waals surface area (Å²) in [5.41, 5.74) is -1.98. The van der Waals surface area contributed by atoms with Gasteiger partial charge in [-0.25, -0.2) is 0 Å². The third kappa shape index (κ3) is 5.23. The highest BCUT2D eigenvalue weighted by Gasteiger charge is 2.62. The molecule has 1 amide bonds. The highest BCUT2D eigenvalue weighted by molar-refractivity contribution is 6.34. The molecule has 0 bridgehead atoms. The number of hydrogen-bond donors (Lipinski definition) is 1. The number of nitrogens with zero attached hydrogens (tertiary/aromatic N) is 2. The molecule has 0 aromatic heterocycles. The first-order chi connectivity index (χ1) is 15.6. The molecule has 0 fully saturated rings. The number of amides is 1. The molecular weight excluding hydrogens is 486 g/mol. The van der Waals surface area contributed by atoms with Crippen molar-refractivity contribution < 1.29 is 32.4 Å². The average molecular weight is 504 g/mol. The molecular formula is C21H18Cl2F3N3O4. The monoisotopic (exact) mass is 503 g/mol. The summed E-state index contributed by atoms with van der Waals surface area (Å²) in [6.45, 7) is 0.0282. The first-order valence-electron chi connectivity index (χ1n) is 9.37. The van der Waals surface area contributed by atoms with Crippen molar-refractivity contribution in [3.63, 3.8) is 0 Å². The first kappa shape index (κ1) is 24.8. The van der Waals surface area contributed by atoms with Gasteiger partial charge in [0.25, 0.3) is 11.5 Å². The molecule has 1 unspecified atom stereocenters. The van der Waals surface area contributed by atoms with Crippen LogP contribution in [0.1, 0.15) is 33.5 Å². The molecule has 176 valence electrons. The number of benzene rings is 2. The minimum Gasteiger partial charge on any atom is -0.398 e. The lowest BCUT2D eigenvalue weighted by Crippen LogP contribution is -2.42. The Morgan fingerprint density at radius 1 is 1.24 bits per heavy atom. The van der Waals surface area contributed by atoms with Crippen LogP contribution < -0.4 is 5.32 Å². The first-order valence-corrected chi connectivity index (χ1v) is 10.1. The Morgan fingerprint density at radius 3 is 2.55 bits per heavy atom. The SMILES string of the molecule is COCc1cc(C2=NOC(c3cc(Cl)cc(Cl)c3)(C(F)(F)F)C2)ccc1C(=O)NC=NOC. The number of oxime groups is 2. The maximum Gasteiger partial charge on any atom is 0.435 e. The molecule has 1 N–H and O–H groups in total. The molecule has 33 heavy (non-hydrogen) atoms. The summed E-state index contributed by atoms with van der Waals surface area (Å²) < 4.78 is 47.7. The molecule has 0 saturated carbocycles. The zero-order valence-corrected chi connectivity index (χ0v) is 18.9. The summed E-state index contributed by atoms with van der Waals surface area (Å²) in [5, 5.41) is 9.64. The van der Waals surface area contributed by atoms with E-state index in [1.807, 2.05) is 0 Å². The molecule has 1 aliphatic rings. The number of nitrogens with one attached hydrogen (secondary N) is 1. The number of ether oxygens (including phenoxy) is 1. The van der Waals surface area contributed by atoms with Gasteiger partial charge >= 0.3 is 6.18 Å². The third-order valence-corrected chi connectivity index (χ3v) is 5.29. The summed E-state index contributed by atoms with van der Waals surface area (Å²) in [5.74, 6) is -0.503. The zero-order chi connectivity index (χ0) is 24.2. The van der Waals surface area contributed by atoms with Crippen LogP contribution in [0.2, 0.25) is 10.0 Å². The largest absolute Gasteiger partial charge is 0.435 e. The molecule has 1 aliphatic heterocycles. The van der Waals surface area contributed by atoms with Gasteiger partial charge in [-0.1, -0.05) is 39.6 Å². The Hall–Kier alpha value is -2.82. The summed E-state index contributed by atoms with van der Waals surface area (Å²) >= 11 is 11.9. The maximum atomic E-state index is 14.2. The van der Waals surface area contributed by atoms with E-state index >= 15 is 0 Å². The molecule has 12 heteroatoms. The van der Waals surface area contributed by atoms with Crippen molar-refractivity contribution in [2.75, 3.05) is 14.2 Å². The molecule has 2 aromatic carbocycles. The summed E-state index contributed by atoms with van der Waals surface area (Å²) in [7, 11) is 2.74. The Morgan fingerprint density at radius 2 is 1.94 bits per heavy atom. The highest BCUT2D eigenvalue weighted by atomic mass is 35.5. The van der Waals surface area contributed by atoms with E-state index in [4.69, 9.17) is 32.8 Å². The minimum atomic E-state index is -4.82. The second-order valence-corrected chi connectivity index (χ2v) is 7.86. The van der Waals surface area contributed by atoms with Crippen molar-refractivity contribution in [1.29, 1.82) is 0 Å². The van der Waals surface area contributed by atoms with E-state index < -0.39 is 24.1 Å². The summed E-state index contributed by atoms with van der Waals surface area (Å²) in [6, 6.07) is 8.06. The number of alkyl halides is 3. The fraction of sp³-hybridized carbons (Fsp3) is 0.286. The van der Waals surface area contributed by atoms with Crippen LogP contribution in [0.15, 0.2) is 46.7 Å². The number of rotatable bonds is 7. The van der Waals surface area contributed by atoms with Crippen molar-refractivity contribution in [2.45, 2.75) is 24.8 Å². The molecule has 0 radical (unpaired) electrons. The van der Waals surface area contributed by atoms with Gasteiger partial charge in [0, 0.05) is 34.7 Å². The van der Waals surface area contributed by atoms with Crippen LogP contribution in [0.5, 0.6) is 0 Å². The number of methoxy groups -OCH3 is 1. The van der Waals surface area contributed by atoms with E-state index in [9.17, 15) is 18.0 Å². The fourth-order valence-corrected chi connectivity index (χ4v) is 3.86. The maximum absolute atomic E-state index is 14.2. The van der Waals surface area contributed by atoms with E-state index in [-0.39, 0.29) is 33.5 Å². The molecule has 3 rings (SSSR count). The Kier molecular flexibility index (Phi) is 7.51.